The molecule has 0 unspecified atom stereocenters. The van der Waals surface area contributed by atoms with Crippen molar-refractivity contribution in [1.29, 1.82) is 0 Å². The molecule has 3 rings (SSSR count). The lowest BCUT2D eigenvalue weighted by molar-refractivity contribution is 0.0992. The number of hydrogen-bond donors (Lipinski definition) is 1. The summed E-state index contributed by atoms with van der Waals surface area (Å²) in [5.74, 6) is -1.92. The van der Waals surface area contributed by atoms with Crippen molar-refractivity contribution in [3.05, 3.63) is 64.4 Å². The van der Waals surface area contributed by atoms with Gasteiger partial charge in [-0.15, -0.1) is 0 Å². The van der Waals surface area contributed by atoms with Crippen LogP contribution in [-0.2, 0) is 6.42 Å². The maximum absolute atomic E-state index is 13.6. The van der Waals surface area contributed by atoms with E-state index in [4.69, 9.17) is 11.6 Å². The van der Waals surface area contributed by atoms with E-state index < -0.39 is 17.4 Å². The summed E-state index contributed by atoms with van der Waals surface area (Å²) in [5, 5.41) is 0.819. The van der Waals surface area contributed by atoms with Crippen molar-refractivity contribution in [2.75, 3.05) is 0 Å². The first kappa shape index (κ1) is 13.7. The predicted molar refractivity (Wildman–Crippen MR) is 75.5 cm³/mol. The number of rotatable bonds is 3. The summed E-state index contributed by atoms with van der Waals surface area (Å²) in [6.07, 6.45) is 2.58. The monoisotopic (exact) mass is 306 g/mol. The minimum atomic E-state index is -0.743. The molecule has 0 spiro atoms. The van der Waals surface area contributed by atoms with E-state index in [1.165, 1.54) is 18.5 Å². The lowest BCUT2D eigenvalue weighted by Crippen LogP contribution is -2.07. The summed E-state index contributed by atoms with van der Waals surface area (Å²) in [4.78, 5) is 19.2. The van der Waals surface area contributed by atoms with Crippen LogP contribution in [0.15, 0.2) is 36.7 Å². The van der Waals surface area contributed by atoms with Crippen molar-refractivity contribution in [1.82, 2.24) is 9.97 Å². The van der Waals surface area contributed by atoms with Crippen LogP contribution < -0.4 is 0 Å². The van der Waals surface area contributed by atoms with Gasteiger partial charge in [0.05, 0.1) is 5.02 Å². The number of hydrogen-bond acceptors (Lipinski definition) is 2. The van der Waals surface area contributed by atoms with Gasteiger partial charge in [-0.3, -0.25) is 4.79 Å². The number of benzene rings is 1. The number of fused-ring (bicyclic) bond motifs is 1. The SMILES string of the molecule is O=C(Cc1c(F)cccc1F)c1c[nH]c2nccc(Cl)c12. The number of ketones is 1. The Balaban J connectivity index is 2.02. The molecular formula is C15H9ClF2N2O. The summed E-state index contributed by atoms with van der Waals surface area (Å²) >= 11 is 6.05. The molecule has 21 heavy (non-hydrogen) atoms. The summed E-state index contributed by atoms with van der Waals surface area (Å²) in [7, 11) is 0. The molecule has 3 aromatic rings. The van der Waals surface area contributed by atoms with Gasteiger partial charge in [0.2, 0.25) is 0 Å². The Labute approximate surface area is 123 Å². The Bertz CT molecular complexity index is 825. The molecule has 2 heterocycles. The molecule has 0 saturated carbocycles. The van der Waals surface area contributed by atoms with E-state index in [-0.39, 0.29) is 17.5 Å². The third-order valence-electron chi connectivity index (χ3n) is 3.22. The van der Waals surface area contributed by atoms with E-state index in [9.17, 15) is 13.6 Å². The average Bonchev–Trinajstić information content (AvgIpc) is 2.88. The van der Waals surface area contributed by atoms with Crippen molar-refractivity contribution in [3.63, 3.8) is 0 Å². The van der Waals surface area contributed by atoms with Crippen molar-refractivity contribution in [2.45, 2.75) is 6.42 Å². The largest absolute Gasteiger partial charge is 0.345 e. The molecule has 6 heteroatoms. The first-order valence-corrected chi connectivity index (χ1v) is 6.53. The molecule has 0 fully saturated rings. The zero-order chi connectivity index (χ0) is 15.0. The number of halogens is 3. The number of carbonyl (C=O) groups excluding carboxylic acids is 1. The van der Waals surface area contributed by atoms with Gasteiger partial charge in [-0.25, -0.2) is 13.8 Å². The van der Waals surface area contributed by atoms with E-state index in [0.29, 0.717) is 16.1 Å². The number of H-pyrrole nitrogens is 1. The summed E-state index contributed by atoms with van der Waals surface area (Å²) in [6.45, 7) is 0. The van der Waals surface area contributed by atoms with Crippen LogP contribution in [0.4, 0.5) is 8.78 Å². The van der Waals surface area contributed by atoms with Crippen LogP contribution in [0, 0.1) is 11.6 Å². The molecule has 0 aliphatic carbocycles. The van der Waals surface area contributed by atoms with Gasteiger partial charge in [0.15, 0.2) is 5.78 Å². The fourth-order valence-electron chi connectivity index (χ4n) is 2.19. The summed E-state index contributed by atoms with van der Waals surface area (Å²) in [5.41, 5.74) is 0.475. The van der Waals surface area contributed by atoms with Crippen LogP contribution >= 0.6 is 11.6 Å². The highest BCUT2D eigenvalue weighted by molar-refractivity contribution is 6.36. The third-order valence-corrected chi connectivity index (χ3v) is 3.54. The van der Waals surface area contributed by atoms with Gasteiger partial charge in [0, 0.05) is 35.3 Å². The highest BCUT2D eigenvalue weighted by Crippen LogP contribution is 2.26. The highest BCUT2D eigenvalue weighted by atomic mass is 35.5. The van der Waals surface area contributed by atoms with Gasteiger partial charge in [0.25, 0.3) is 0 Å². The highest BCUT2D eigenvalue weighted by Gasteiger charge is 2.19. The van der Waals surface area contributed by atoms with Crippen LogP contribution in [0.5, 0.6) is 0 Å². The van der Waals surface area contributed by atoms with E-state index in [2.05, 4.69) is 9.97 Å². The standard InChI is InChI=1S/C15H9ClF2N2O/c16-10-4-5-19-15-14(10)9(7-20-15)13(21)6-8-11(17)2-1-3-12(8)18/h1-5,7H,6H2,(H,19,20). The normalized spacial score (nSPS) is 11.0. The minimum Gasteiger partial charge on any atom is -0.345 e. The van der Waals surface area contributed by atoms with Gasteiger partial charge in [-0.2, -0.15) is 0 Å². The maximum Gasteiger partial charge on any atom is 0.169 e. The molecule has 0 amide bonds. The van der Waals surface area contributed by atoms with Gasteiger partial charge >= 0.3 is 0 Å². The Morgan fingerprint density at radius 2 is 1.95 bits per heavy atom. The molecular weight excluding hydrogens is 298 g/mol. The van der Waals surface area contributed by atoms with E-state index in [1.807, 2.05) is 0 Å². The Kier molecular flexibility index (Phi) is 3.43. The van der Waals surface area contributed by atoms with Crippen molar-refractivity contribution >= 4 is 28.4 Å². The molecule has 0 saturated heterocycles. The molecule has 2 aromatic heterocycles. The molecule has 3 nitrogen and oxygen atoms in total. The van der Waals surface area contributed by atoms with Crippen LogP contribution in [0.2, 0.25) is 5.02 Å². The molecule has 0 radical (unpaired) electrons. The van der Waals surface area contributed by atoms with Gasteiger partial charge in [0.1, 0.15) is 17.3 Å². The van der Waals surface area contributed by atoms with Crippen LogP contribution in [-0.4, -0.2) is 15.8 Å². The van der Waals surface area contributed by atoms with Gasteiger partial charge in [-0.1, -0.05) is 17.7 Å². The van der Waals surface area contributed by atoms with E-state index >= 15 is 0 Å². The van der Waals surface area contributed by atoms with E-state index in [0.717, 1.165) is 12.1 Å². The molecule has 0 atom stereocenters. The van der Waals surface area contributed by atoms with Gasteiger partial charge in [-0.05, 0) is 18.2 Å². The molecule has 0 aliphatic rings. The van der Waals surface area contributed by atoms with Crippen molar-refractivity contribution < 1.29 is 13.6 Å². The second kappa shape index (κ2) is 5.26. The quantitative estimate of drug-likeness (QED) is 0.745. The number of nitrogens with zero attached hydrogens (tertiary/aromatic N) is 1. The number of aromatic nitrogens is 2. The van der Waals surface area contributed by atoms with Gasteiger partial charge < -0.3 is 4.98 Å². The second-order valence-electron chi connectivity index (χ2n) is 4.52. The Morgan fingerprint density at radius 3 is 2.67 bits per heavy atom. The van der Waals surface area contributed by atoms with E-state index in [1.54, 1.807) is 6.07 Å². The first-order valence-electron chi connectivity index (χ1n) is 6.15. The average molecular weight is 307 g/mol. The summed E-state index contributed by atoms with van der Waals surface area (Å²) in [6, 6.07) is 5.05. The molecule has 1 aromatic carbocycles. The number of nitrogens with one attached hydrogen (secondary N) is 1. The molecule has 1 N–H and O–H groups in total. The predicted octanol–water partition coefficient (Wildman–Crippen LogP) is 3.92. The van der Waals surface area contributed by atoms with Crippen LogP contribution in [0.3, 0.4) is 0 Å². The first-order chi connectivity index (χ1) is 10.1. The number of carbonyl (C=O) groups is 1. The number of Topliss-reactive ketones (excluding diaryl/α,β-unsaturated/α-hetero) is 1. The zero-order valence-electron chi connectivity index (χ0n) is 10.7. The lowest BCUT2D eigenvalue weighted by Gasteiger charge is -2.04. The molecule has 0 aliphatic heterocycles. The third kappa shape index (κ3) is 2.40. The molecule has 0 bridgehead atoms. The maximum atomic E-state index is 13.6. The van der Waals surface area contributed by atoms with Crippen LogP contribution in [0.1, 0.15) is 15.9 Å². The van der Waals surface area contributed by atoms with Crippen molar-refractivity contribution in [2.24, 2.45) is 0 Å². The smallest absolute Gasteiger partial charge is 0.169 e. The fraction of sp³-hybridized carbons (Fsp3) is 0.0667. The Morgan fingerprint density at radius 1 is 1.24 bits per heavy atom. The lowest BCUT2D eigenvalue weighted by atomic mass is 10.0. The van der Waals surface area contributed by atoms with Crippen LogP contribution in [0.25, 0.3) is 11.0 Å². The zero-order valence-corrected chi connectivity index (χ0v) is 11.4. The fourth-order valence-corrected chi connectivity index (χ4v) is 2.44. The Hall–Kier alpha value is -2.27. The minimum absolute atomic E-state index is 0.253. The topological polar surface area (TPSA) is 45.8 Å². The van der Waals surface area contributed by atoms with Crippen molar-refractivity contribution in [3.8, 4) is 0 Å². The second-order valence-corrected chi connectivity index (χ2v) is 4.93. The molecule has 106 valence electrons. The number of aromatic amines is 1. The summed E-state index contributed by atoms with van der Waals surface area (Å²) < 4.78 is 27.2. The number of pyridine rings is 1.